The summed E-state index contributed by atoms with van der Waals surface area (Å²) in [5.41, 5.74) is 16.9. The Morgan fingerprint density at radius 2 is 0.932 bits per heavy atom. The van der Waals surface area contributed by atoms with E-state index in [0.717, 1.165) is 24.3 Å². The Morgan fingerprint density at radius 1 is 0.568 bits per heavy atom. The van der Waals surface area contributed by atoms with Gasteiger partial charge in [-0.2, -0.15) is 9.58 Å². The van der Waals surface area contributed by atoms with Gasteiger partial charge in [-0.1, -0.05) is 0 Å². The Hall–Kier alpha value is -6.94. The number of likely N-dealkylation sites (N-methyl/N-ethyl adjacent to an activating group) is 2. The summed E-state index contributed by atoms with van der Waals surface area (Å²) < 4.78 is 32.2. The molecule has 2 aliphatic heterocycles. The maximum absolute atomic E-state index is 15.8. The second-order valence-electron chi connectivity index (χ2n) is 20.3. The minimum atomic E-state index is -1.54. The Morgan fingerprint density at radius 3 is 1.28 bits per heavy atom. The van der Waals surface area contributed by atoms with Crippen molar-refractivity contribution in [3.05, 3.63) is 109 Å². The van der Waals surface area contributed by atoms with Crippen molar-refractivity contribution in [3.8, 4) is 23.0 Å². The number of aromatic hydroxyl groups is 4. The second kappa shape index (κ2) is 18.5. The summed E-state index contributed by atoms with van der Waals surface area (Å²) in [4.78, 5) is 95.7. The number of rotatable bonds is 9. The predicted octanol–water partition coefficient (Wildman–Crippen LogP) is 1.55. The first kappa shape index (κ1) is 50.6. The van der Waals surface area contributed by atoms with Gasteiger partial charge in [-0.25, -0.2) is 0 Å². The van der Waals surface area contributed by atoms with Crippen LogP contribution in [0, 0.1) is 17.8 Å². The van der Waals surface area contributed by atoms with Crippen molar-refractivity contribution in [3.63, 3.8) is 0 Å². The van der Waals surface area contributed by atoms with Crippen molar-refractivity contribution in [1.82, 2.24) is 9.80 Å². The molecule has 10 rings (SSSR count). The van der Waals surface area contributed by atoms with E-state index in [4.69, 9.17) is 23.7 Å². The summed E-state index contributed by atoms with van der Waals surface area (Å²) in [7, 11) is 8.87. The predicted molar refractivity (Wildman–Crippen MR) is 260 cm³/mol. The molecule has 2 heterocycles. The Bertz CT molecular complexity index is 3550. The van der Waals surface area contributed by atoms with Gasteiger partial charge in [0.1, 0.15) is 33.8 Å². The summed E-state index contributed by atoms with van der Waals surface area (Å²) in [6, 6.07) is 3.01. The number of nitrogens with zero attached hydrogens (tertiary/aromatic N) is 6. The lowest BCUT2D eigenvalue weighted by Gasteiger charge is -2.45. The van der Waals surface area contributed by atoms with Crippen molar-refractivity contribution in [2.24, 2.45) is 17.8 Å². The fourth-order valence-corrected chi connectivity index (χ4v) is 13.0. The van der Waals surface area contributed by atoms with Crippen LogP contribution in [-0.2, 0) is 23.7 Å². The number of ketones is 2. The average molecular weight is 1020 g/mol. The van der Waals surface area contributed by atoms with Crippen LogP contribution in [0.25, 0.3) is 54.2 Å². The number of ether oxygens (including phenoxy) is 5. The molecule has 2 saturated heterocycles. The average Bonchev–Trinajstić information content (AvgIpc) is 3.94. The molecule has 4 aliphatic rings. The van der Waals surface area contributed by atoms with Crippen LogP contribution in [0.15, 0.2) is 43.4 Å². The summed E-state index contributed by atoms with van der Waals surface area (Å²) >= 11 is 0. The van der Waals surface area contributed by atoms with Crippen molar-refractivity contribution >= 4 is 54.7 Å². The summed E-state index contributed by atoms with van der Waals surface area (Å²) in [6.07, 6.45) is -7.26. The van der Waals surface area contributed by atoms with Crippen molar-refractivity contribution in [1.29, 1.82) is 0 Å². The van der Waals surface area contributed by atoms with Gasteiger partial charge in [0.15, 0.2) is 45.9 Å². The van der Waals surface area contributed by atoms with E-state index in [1.54, 1.807) is 13.8 Å². The number of carbonyl (C=O) groups is 2. The second-order valence-corrected chi connectivity index (χ2v) is 20.3. The fourth-order valence-electron chi connectivity index (χ4n) is 13.0. The van der Waals surface area contributed by atoms with Crippen LogP contribution in [0.2, 0.25) is 0 Å². The first-order valence-corrected chi connectivity index (χ1v) is 24.1. The van der Waals surface area contributed by atoms with E-state index in [9.17, 15) is 55.8 Å². The van der Waals surface area contributed by atoms with Crippen molar-refractivity contribution in [2.75, 3.05) is 41.9 Å². The molecule has 6 aromatic carbocycles. The summed E-state index contributed by atoms with van der Waals surface area (Å²) in [6.45, 7) is 3.30. The summed E-state index contributed by atoms with van der Waals surface area (Å²) in [5.74, 6) is -8.86. The van der Waals surface area contributed by atoms with Crippen LogP contribution >= 0.6 is 0 Å². The van der Waals surface area contributed by atoms with E-state index in [0.29, 0.717) is 0 Å². The highest BCUT2D eigenvalue weighted by molar-refractivity contribution is 6.24. The van der Waals surface area contributed by atoms with Gasteiger partial charge in [-0.3, -0.25) is 28.8 Å². The lowest BCUT2D eigenvalue weighted by Crippen LogP contribution is -2.55. The van der Waals surface area contributed by atoms with Gasteiger partial charge >= 0.3 is 10.7 Å². The van der Waals surface area contributed by atoms with Crippen LogP contribution in [0.4, 0.5) is 0 Å². The zero-order chi connectivity index (χ0) is 53.3. The Kier molecular flexibility index (Phi) is 12.6. The van der Waals surface area contributed by atoms with E-state index >= 15 is 9.59 Å². The van der Waals surface area contributed by atoms with Gasteiger partial charge < -0.3 is 70.1 Å². The monoisotopic (exact) mass is 1020 g/mol. The number of Topliss-reactive ketones (excluding diaryl/α,β-unsaturated/α-hetero) is 2. The third kappa shape index (κ3) is 7.31. The molecule has 12 atom stereocenters. The van der Waals surface area contributed by atoms with E-state index in [2.05, 4.69) is 9.58 Å². The van der Waals surface area contributed by atoms with E-state index in [-0.39, 0.29) is 42.7 Å². The molecule has 22 nitrogen and oxygen atoms in total. The number of benzene rings is 4. The van der Waals surface area contributed by atoms with Crippen LogP contribution in [0.3, 0.4) is 0 Å². The molecule has 0 bridgehead atoms. The van der Waals surface area contributed by atoms with Crippen molar-refractivity contribution in [2.45, 2.75) is 94.7 Å². The van der Waals surface area contributed by atoms with E-state index < -0.39 is 195 Å². The first-order chi connectivity index (χ1) is 35.2. The molecule has 2 unspecified atom stereocenters. The SMILES string of the molecule is CO[C@H]1C[C@@H](O[C@H]2C[C@@H](C3C[C@H](O[C@@H]4C[C@H](CO)C(N(C)C)[C@H](C)O4)c4c(c5c(O)c6c(=O)ccc(=O)c6c(O)c5c4=[N+]=[N-])C3=O)C(=O)c3c2c(=[N+]=[N-])c2c(O)c4c(=O)ccc(=O)c4c(O)c32)O[C@@H](C)[C@@H]1N(C)C. The number of carbonyl (C=O) groups excluding carboxylic acids is 2. The van der Waals surface area contributed by atoms with Crippen LogP contribution < -0.4 is 32.4 Å². The molecule has 0 spiro atoms. The van der Waals surface area contributed by atoms with Gasteiger partial charge in [-0.15, -0.1) is 0 Å². The largest absolute Gasteiger partial charge is 0.506 e. The van der Waals surface area contributed by atoms with Crippen LogP contribution in [0.1, 0.15) is 83.6 Å². The molecule has 0 saturated carbocycles. The summed E-state index contributed by atoms with van der Waals surface area (Å²) in [5, 5.41) is 53.2. The van der Waals surface area contributed by atoms with Crippen LogP contribution in [-0.4, -0.2) is 141 Å². The van der Waals surface area contributed by atoms with Gasteiger partial charge in [0.25, 0.3) is 0 Å². The lowest BCUT2D eigenvalue weighted by molar-refractivity contribution is -0.255. The molecule has 0 aromatic heterocycles. The molecule has 0 amide bonds. The molecule has 74 heavy (non-hydrogen) atoms. The number of hydrogen-bond acceptors (Lipinski definition) is 18. The normalized spacial score (nSPS) is 28.4. The Balaban J connectivity index is 1.21. The molecule has 2 fully saturated rings. The number of hydrogen-bond donors (Lipinski definition) is 5. The molecular formula is C52H52N6O16. The molecule has 22 heteroatoms. The number of phenols is 4. The standard InChI is InChI=1S/C52H52N6O16/c1-17-45(57(3)4)19(16-59)12-29(71-17)73-26-13-20(47(64)37-35(26)43(55-53)41-39(37)49(66)31-22(60)8-10-24(62)33(31)51(41)68)21-14-27(74-30-15-28(70-7)46(58(5)6)18(2)72-30)36-38(48(21)65)40-42(44(36)56-54)52(69)34-25(63)11-9-23(61)32(34)50(40)67/h8-11,17-21,26-30,45-46,59,66-69H,12-16H2,1-7H3/t17-,18-,19+,20?,21-,26-,27-,28-,29+,30+,45?,46-/m0/s1. The number of fused-ring (bicyclic) bond motifs is 8. The van der Waals surface area contributed by atoms with E-state index in [1.165, 1.54) is 7.11 Å². The van der Waals surface area contributed by atoms with Crippen LogP contribution in [0.5, 0.6) is 23.0 Å². The maximum atomic E-state index is 15.8. The highest BCUT2D eigenvalue weighted by atomic mass is 16.7. The highest BCUT2D eigenvalue weighted by Crippen LogP contribution is 2.53. The molecule has 5 N–H and O–H groups in total. The van der Waals surface area contributed by atoms with Gasteiger partial charge in [0, 0.05) is 72.3 Å². The fraction of sp³-hybridized carbons (Fsp3) is 0.462. The quantitative estimate of drug-likeness (QED) is 0.0779. The Labute approximate surface area is 418 Å². The highest BCUT2D eigenvalue weighted by Gasteiger charge is 2.54. The zero-order valence-electron chi connectivity index (χ0n) is 41.2. The van der Waals surface area contributed by atoms with Gasteiger partial charge in [0.05, 0.1) is 69.2 Å². The lowest BCUT2D eigenvalue weighted by atomic mass is 9.68. The topological polar surface area (TPSA) is 329 Å². The van der Waals surface area contributed by atoms with E-state index in [1.807, 2.05) is 38.0 Å². The molecule has 0 radical (unpaired) electrons. The number of methoxy groups -OCH3 is 1. The minimum Gasteiger partial charge on any atom is -0.506 e. The third-order valence-electron chi connectivity index (χ3n) is 15.9. The minimum absolute atomic E-state index is 0.0917. The van der Waals surface area contributed by atoms with Gasteiger partial charge in [-0.05, 0) is 79.1 Å². The van der Waals surface area contributed by atoms with Gasteiger partial charge in [0.2, 0.25) is 0 Å². The molecule has 6 aromatic rings. The third-order valence-corrected chi connectivity index (χ3v) is 15.9. The molecule has 2 aliphatic carbocycles. The maximum Gasteiger partial charge on any atom is 0.333 e. The number of aliphatic hydroxyl groups excluding tert-OH is 1. The molecule has 386 valence electrons. The smallest absolute Gasteiger partial charge is 0.333 e. The number of phenolic OH excluding ortho intramolecular Hbond substituents is 4. The van der Waals surface area contributed by atoms with Crippen molar-refractivity contribution < 1.29 is 68.4 Å². The molecular weight excluding hydrogens is 965 g/mol. The number of aliphatic hydroxyl groups is 1. The first-order valence-electron chi connectivity index (χ1n) is 24.1. The zero-order valence-corrected chi connectivity index (χ0v) is 41.2.